The molecule has 0 saturated carbocycles. The van der Waals surface area contributed by atoms with Gasteiger partial charge in [0.1, 0.15) is 30.3 Å². The minimum atomic E-state index is -0.480. The van der Waals surface area contributed by atoms with Crippen LogP contribution in [0.5, 0.6) is 11.5 Å². The minimum absolute atomic E-state index is 0.00847. The van der Waals surface area contributed by atoms with Gasteiger partial charge in [-0.2, -0.15) is 0 Å². The zero-order valence-electron chi connectivity index (χ0n) is 17.3. The first-order valence-electron chi connectivity index (χ1n) is 10.0. The number of nitrogens with one attached hydrogen (secondary N) is 1. The smallest absolute Gasteiger partial charge is 0.282 e. The molecule has 0 spiro atoms. The zero-order valence-corrected chi connectivity index (χ0v) is 17.3. The lowest BCUT2D eigenvalue weighted by atomic mass is 10.1. The molecule has 9 nitrogen and oxygen atoms in total. The van der Waals surface area contributed by atoms with Crippen LogP contribution in [0.3, 0.4) is 0 Å². The standard InChI is InChI=1S/C24H19N3O6/c28-23-22(24(29)26(25-23)18-6-2-1-3-7-18)16-17-5-4-8-21(15-17)33-14-13-32-20-11-9-19(10-12-20)27(30)31/h1-12,15-16H,13-14H2,(H,25,28). The lowest BCUT2D eigenvalue weighted by Crippen LogP contribution is -2.35. The average molecular weight is 445 g/mol. The molecule has 3 aromatic carbocycles. The van der Waals surface area contributed by atoms with Gasteiger partial charge in [0.2, 0.25) is 0 Å². The molecule has 1 saturated heterocycles. The van der Waals surface area contributed by atoms with Crippen LogP contribution in [-0.4, -0.2) is 30.0 Å². The van der Waals surface area contributed by atoms with E-state index in [0.717, 1.165) is 0 Å². The fraction of sp³-hybridized carbons (Fsp3) is 0.0833. The van der Waals surface area contributed by atoms with Gasteiger partial charge >= 0.3 is 0 Å². The predicted molar refractivity (Wildman–Crippen MR) is 121 cm³/mol. The maximum Gasteiger partial charge on any atom is 0.282 e. The number of anilines is 1. The van der Waals surface area contributed by atoms with Crippen molar-refractivity contribution in [3.8, 4) is 11.5 Å². The number of rotatable bonds is 8. The summed E-state index contributed by atoms with van der Waals surface area (Å²) in [4.78, 5) is 35.2. The van der Waals surface area contributed by atoms with Gasteiger partial charge in [-0.15, -0.1) is 0 Å². The number of hydrogen-bond donors (Lipinski definition) is 1. The van der Waals surface area contributed by atoms with Crippen molar-refractivity contribution in [1.82, 2.24) is 5.43 Å². The van der Waals surface area contributed by atoms with E-state index in [-0.39, 0.29) is 24.5 Å². The van der Waals surface area contributed by atoms with Crippen molar-refractivity contribution < 1.29 is 24.0 Å². The molecule has 1 heterocycles. The number of non-ortho nitro benzene ring substituents is 1. The van der Waals surface area contributed by atoms with Crippen molar-refractivity contribution in [3.05, 3.63) is 100 Å². The number of carbonyl (C=O) groups excluding carboxylic acids is 2. The fourth-order valence-electron chi connectivity index (χ4n) is 3.16. The Bertz CT molecular complexity index is 1210. The van der Waals surface area contributed by atoms with Crippen molar-refractivity contribution in [2.75, 3.05) is 18.2 Å². The predicted octanol–water partition coefficient (Wildman–Crippen LogP) is 3.51. The Labute approximate surface area is 189 Å². The van der Waals surface area contributed by atoms with Crippen LogP contribution in [0.25, 0.3) is 6.08 Å². The molecule has 0 atom stereocenters. The van der Waals surface area contributed by atoms with Gasteiger partial charge in [0, 0.05) is 12.1 Å². The third-order valence-corrected chi connectivity index (χ3v) is 4.74. The van der Waals surface area contributed by atoms with E-state index in [1.807, 2.05) is 6.07 Å². The maximum atomic E-state index is 12.7. The van der Waals surface area contributed by atoms with Crippen molar-refractivity contribution in [2.45, 2.75) is 0 Å². The second kappa shape index (κ2) is 9.65. The van der Waals surface area contributed by atoms with Crippen LogP contribution in [0.4, 0.5) is 11.4 Å². The first-order chi connectivity index (χ1) is 16.0. The highest BCUT2D eigenvalue weighted by molar-refractivity contribution is 6.31. The van der Waals surface area contributed by atoms with Crippen LogP contribution in [0.1, 0.15) is 5.56 Å². The molecular formula is C24H19N3O6. The van der Waals surface area contributed by atoms with Gasteiger partial charge in [-0.1, -0.05) is 30.3 Å². The van der Waals surface area contributed by atoms with E-state index in [4.69, 9.17) is 9.47 Å². The molecule has 3 aromatic rings. The molecule has 0 radical (unpaired) electrons. The van der Waals surface area contributed by atoms with E-state index < -0.39 is 16.7 Å². The van der Waals surface area contributed by atoms with Gasteiger partial charge in [-0.25, -0.2) is 5.01 Å². The summed E-state index contributed by atoms with van der Waals surface area (Å²) >= 11 is 0. The van der Waals surface area contributed by atoms with Gasteiger partial charge in [-0.05, 0) is 48.0 Å². The molecule has 1 fully saturated rings. The number of amides is 2. The first kappa shape index (κ1) is 21.6. The number of hydrogen-bond acceptors (Lipinski definition) is 6. The summed E-state index contributed by atoms with van der Waals surface area (Å²) in [6.45, 7) is 0.467. The summed E-state index contributed by atoms with van der Waals surface area (Å²) in [6, 6.07) is 21.6. The molecule has 2 amide bonds. The summed E-state index contributed by atoms with van der Waals surface area (Å²) in [6.07, 6.45) is 1.51. The Hall–Kier alpha value is -4.66. The largest absolute Gasteiger partial charge is 0.490 e. The van der Waals surface area contributed by atoms with Crippen LogP contribution in [0.2, 0.25) is 0 Å². The second-order valence-corrected chi connectivity index (χ2v) is 7.00. The van der Waals surface area contributed by atoms with E-state index in [0.29, 0.717) is 22.7 Å². The quantitative estimate of drug-likeness (QED) is 0.187. The Morgan fingerprint density at radius 2 is 1.58 bits per heavy atom. The zero-order chi connectivity index (χ0) is 23.2. The molecule has 9 heteroatoms. The lowest BCUT2D eigenvalue weighted by Gasteiger charge is -2.13. The number of carbonyl (C=O) groups is 2. The minimum Gasteiger partial charge on any atom is -0.490 e. The molecule has 1 aliphatic heterocycles. The van der Waals surface area contributed by atoms with Crippen molar-refractivity contribution >= 4 is 29.3 Å². The summed E-state index contributed by atoms with van der Waals surface area (Å²) in [5.41, 5.74) is 3.79. The van der Waals surface area contributed by atoms with Gasteiger partial charge in [0.25, 0.3) is 17.5 Å². The van der Waals surface area contributed by atoms with Crippen molar-refractivity contribution in [2.24, 2.45) is 0 Å². The number of benzene rings is 3. The highest BCUT2D eigenvalue weighted by Gasteiger charge is 2.34. The topological polar surface area (TPSA) is 111 Å². The molecule has 1 N–H and O–H groups in total. The van der Waals surface area contributed by atoms with E-state index in [2.05, 4.69) is 5.43 Å². The van der Waals surface area contributed by atoms with Crippen molar-refractivity contribution in [1.29, 1.82) is 0 Å². The number of nitrogens with zero attached hydrogens (tertiary/aromatic N) is 2. The lowest BCUT2D eigenvalue weighted by molar-refractivity contribution is -0.384. The van der Waals surface area contributed by atoms with Crippen LogP contribution in [0.15, 0.2) is 84.4 Å². The number of hydrazine groups is 1. The van der Waals surface area contributed by atoms with Crippen LogP contribution in [0, 0.1) is 10.1 Å². The number of para-hydroxylation sites is 1. The van der Waals surface area contributed by atoms with Crippen LogP contribution >= 0.6 is 0 Å². The second-order valence-electron chi connectivity index (χ2n) is 7.00. The monoisotopic (exact) mass is 445 g/mol. The normalized spacial score (nSPS) is 14.3. The molecule has 33 heavy (non-hydrogen) atoms. The number of nitro groups is 1. The maximum absolute atomic E-state index is 12.7. The molecule has 1 aliphatic rings. The first-order valence-corrected chi connectivity index (χ1v) is 10.0. The fourth-order valence-corrected chi connectivity index (χ4v) is 3.16. The van der Waals surface area contributed by atoms with Crippen LogP contribution < -0.4 is 19.9 Å². The number of ether oxygens (including phenoxy) is 2. The van der Waals surface area contributed by atoms with E-state index in [9.17, 15) is 19.7 Å². The van der Waals surface area contributed by atoms with Gasteiger partial charge < -0.3 is 9.47 Å². The van der Waals surface area contributed by atoms with Gasteiger partial charge in [-0.3, -0.25) is 25.1 Å². The van der Waals surface area contributed by atoms with Crippen LogP contribution in [-0.2, 0) is 9.59 Å². The molecule has 4 rings (SSSR count). The summed E-state index contributed by atoms with van der Waals surface area (Å²) in [5, 5.41) is 11.9. The Balaban J connectivity index is 1.35. The van der Waals surface area contributed by atoms with E-state index in [1.54, 1.807) is 48.5 Å². The highest BCUT2D eigenvalue weighted by Crippen LogP contribution is 2.23. The molecular weight excluding hydrogens is 426 g/mol. The third-order valence-electron chi connectivity index (χ3n) is 4.74. The average Bonchev–Trinajstić information content (AvgIpc) is 3.11. The van der Waals surface area contributed by atoms with Gasteiger partial charge in [0.05, 0.1) is 10.6 Å². The highest BCUT2D eigenvalue weighted by atomic mass is 16.6. The molecule has 0 bridgehead atoms. The Morgan fingerprint density at radius 1 is 0.879 bits per heavy atom. The third kappa shape index (κ3) is 5.16. The SMILES string of the molecule is O=C1NN(c2ccccc2)C(=O)C1=Cc1cccc(OCCOc2ccc([N+](=O)[O-])cc2)c1. The summed E-state index contributed by atoms with van der Waals surface area (Å²) in [5.74, 6) is 0.125. The van der Waals surface area contributed by atoms with E-state index >= 15 is 0 Å². The summed E-state index contributed by atoms with van der Waals surface area (Å²) in [7, 11) is 0. The molecule has 0 aromatic heterocycles. The summed E-state index contributed by atoms with van der Waals surface area (Å²) < 4.78 is 11.2. The molecule has 0 unspecified atom stereocenters. The molecule has 0 aliphatic carbocycles. The Morgan fingerprint density at radius 3 is 2.27 bits per heavy atom. The Kier molecular flexibility index (Phi) is 6.31. The van der Waals surface area contributed by atoms with Gasteiger partial charge in [0.15, 0.2) is 0 Å². The van der Waals surface area contributed by atoms with E-state index in [1.165, 1.54) is 35.4 Å². The number of nitro benzene ring substituents is 1. The van der Waals surface area contributed by atoms with Crippen molar-refractivity contribution in [3.63, 3.8) is 0 Å². The molecule has 166 valence electrons.